The third-order valence-corrected chi connectivity index (χ3v) is 5.54. The average Bonchev–Trinajstić information content (AvgIpc) is 3.04. The Hall–Kier alpha value is -4.00. The van der Waals surface area contributed by atoms with Crippen LogP contribution in [0, 0.1) is 19.7 Å². The summed E-state index contributed by atoms with van der Waals surface area (Å²) in [6, 6.07) is 14.2. The zero-order chi connectivity index (χ0) is 23.0. The fraction of sp³-hybridized carbons (Fsp3) is 0.160. The summed E-state index contributed by atoms with van der Waals surface area (Å²) in [6.45, 7) is 5.93. The molecule has 0 aliphatic carbocycles. The standard InChI is InChI=1S/C25H22FN3O3/c1-4-17-8-10-20(11-9-17)28-15(2)12-18(16(28)3)13-22-23(30)27-25(32)29(24(22)31)21-7-5-6-19(26)14-21/h5-14H,4H2,1-3H3,(H,27,30,32)/b22-13+. The molecule has 6 nitrogen and oxygen atoms in total. The number of imide groups is 2. The summed E-state index contributed by atoms with van der Waals surface area (Å²) < 4.78 is 15.7. The van der Waals surface area contributed by atoms with Crippen molar-refractivity contribution in [1.29, 1.82) is 0 Å². The van der Waals surface area contributed by atoms with Gasteiger partial charge in [-0.3, -0.25) is 14.9 Å². The van der Waals surface area contributed by atoms with Crippen LogP contribution in [0.15, 0.2) is 60.2 Å². The number of halogens is 1. The number of hydrogen-bond donors (Lipinski definition) is 1. The first kappa shape index (κ1) is 21.2. The van der Waals surface area contributed by atoms with E-state index in [4.69, 9.17) is 0 Å². The quantitative estimate of drug-likeness (QED) is 0.490. The molecule has 3 aromatic rings. The Kier molecular flexibility index (Phi) is 5.48. The Bertz CT molecular complexity index is 1270. The maximum Gasteiger partial charge on any atom is 0.335 e. The van der Waals surface area contributed by atoms with Gasteiger partial charge in [-0.2, -0.15) is 0 Å². The lowest BCUT2D eigenvalue weighted by atomic mass is 10.1. The van der Waals surface area contributed by atoms with Gasteiger partial charge in [0.05, 0.1) is 5.69 Å². The van der Waals surface area contributed by atoms with Gasteiger partial charge in [0, 0.05) is 17.1 Å². The van der Waals surface area contributed by atoms with Crippen LogP contribution in [0.3, 0.4) is 0 Å². The number of nitrogens with one attached hydrogen (secondary N) is 1. The summed E-state index contributed by atoms with van der Waals surface area (Å²) in [5, 5.41) is 2.16. The van der Waals surface area contributed by atoms with Crippen molar-refractivity contribution in [2.24, 2.45) is 0 Å². The number of barbiturate groups is 1. The summed E-state index contributed by atoms with van der Waals surface area (Å²) in [5.74, 6) is -2.19. The highest BCUT2D eigenvalue weighted by Gasteiger charge is 2.37. The van der Waals surface area contributed by atoms with E-state index in [9.17, 15) is 18.8 Å². The molecule has 1 aliphatic rings. The second kappa shape index (κ2) is 8.26. The Morgan fingerprint density at radius 3 is 2.34 bits per heavy atom. The minimum Gasteiger partial charge on any atom is -0.318 e. The lowest BCUT2D eigenvalue weighted by molar-refractivity contribution is -0.122. The van der Waals surface area contributed by atoms with Crippen LogP contribution in [0.4, 0.5) is 14.9 Å². The summed E-state index contributed by atoms with van der Waals surface area (Å²) in [5.41, 5.74) is 4.49. The smallest absolute Gasteiger partial charge is 0.318 e. The average molecular weight is 431 g/mol. The van der Waals surface area contributed by atoms with E-state index < -0.39 is 23.7 Å². The number of hydrogen-bond acceptors (Lipinski definition) is 3. The van der Waals surface area contributed by atoms with Crippen LogP contribution in [0.5, 0.6) is 0 Å². The minimum absolute atomic E-state index is 0.0485. The molecule has 0 spiro atoms. The third kappa shape index (κ3) is 3.73. The van der Waals surface area contributed by atoms with Crippen molar-refractivity contribution in [3.63, 3.8) is 0 Å². The molecule has 4 rings (SSSR count). The van der Waals surface area contributed by atoms with Gasteiger partial charge in [0.2, 0.25) is 0 Å². The van der Waals surface area contributed by atoms with E-state index >= 15 is 0 Å². The Morgan fingerprint density at radius 2 is 1.69 bits per heavy atom. The van der Waals surface area contributed by atoms with Crippen molar-refractivity contribution in [2.75, 3.05) is 4.90 Å². The molecule has 4 amide bonds. The van der Waals surface area contributed by atoms with Crippen LogP contribution in [-0.2, 0) is 16.0 Å². The number of aryl methyl sites for hydroxylation is 2. The van der Waals surface area contributed by atoms with Gasteiger partial charge in [0.15, 0.2) is 0 Å². The van der Waals surface area contributed by atoms with Crippen molar-refractivity contribution in [3.05, 3.63) is 88.5 Å². The van der Waals surface area contributed by atoms with E-state index in [0.717, 1.165) is 34.5 Å². The minimum atomic E-state index is -0.913. The maximum absolute atomic E-state index is 13.7. The first-order valence-electron chi connectivity index (χ1n) is 10.3. The summed E-state index contributed by atoms with van der Waals surface area (Å²) in [4.78, 5) is 38.6. The number of amides is 4. The molecular weight excluding hydrogens is 409 g/mol. The molecule has 1 aliphatic heterocycles. The van der Waals surface area contributed by atoms with Crippen molar-refractivity contribution in [2.45, 2.75) is 27.2 Å². The number of nitrogens with zero attached hydrogens (tertiary/aromatic N) is 2. The van der Waals surface area contributed by atoms with Gasteiger partial charge in [-0.15, -0.1) is 0 Å². The van der Waals surface area contributed by atoms with Crippen LogP contribution in [0.1, 0.15) is 29.4 Å². The molecule has 1 aromatic heterocycles. The van der Waals surface area contributed by atoms with Crippen LogP contribution in [0.25, 0.3) is 11.8 Å². The topological polar surface area (TPSA) is 71.4 Å². The molecule has 0 atom stereocenters. The van der Waals surface area contributed by atoms with Gasteiger partial charge in [-0.25, -0.2) is 14.1 Å². The van der Waals surface area contributed by atoms with Gasteiger partial charge < -0.3 is 4.57 Å². The Balaban J connectivity index is 1.74. The van der Waals surface area contributed by atoms with Crippen LogP contribution in [-0.4, -0.2) is 22.4 Å². The number of anilines is 1. The number of urea groups is 1. The molecule has 2 aromatic carbocycles. The lowest BCUT2D eigenvalue weighted by Crippen LogP contribution is -2.54. The van der Waals surface area contributed by atoms with E-state index in [1.165, 1.54) is 29.8 Å². The summed E-state index contributed by atoms with van der Waals surface area (Å²) in [6.07, 6.45) is 2.41. The van der Waals surface area contributed by atoms with Gasteiger partial charge in [0.25, 0.3) is 11.8 Å². The molecular formula is C25H22FN3O3. The highest BCUT2D eigenvalue weighted by Crippen LogP contribution is 2.26. The SMILES string of the molecule is CCc1ccc(-n2c(C)cc(/C=C3\C(=O)NC(=O)N(c4cccc(F)c4)C3=O)c2C)cc1. The van der Waals surface area contributed by atoms with Gasteiger partial charge in [-0.1, -0.05) is 25.1 Å². The first-order valence-corrected chi connectivity index (χ1v) is 10.3. The maximum atomic E-state index is 13.7. The zero-order valence-electron chi connectivity index (χ0n) is 18.0. The molecule has 0 bridgehead atoms. The van der Waals surface area contributed by atoms with Crippen LogP contribution < -0.4 is 10.2 Å². The second-order valence-electron chi connectivity index (χ2n) is 7.62. The molecule has 1 N–H and O–H groups in total. The predicted octanol–water partition coefficient (Wildman–Crippen LogP) is 4.46. The highest BCUT2D eigenvalue weighted by atomic mass is 19.1. The Morgan fingerprint density at radius 1 is 0.969 bits per heavy atom. The predicted molar refractivity (Wildman–Crippen MR) is 120 cm³/mol. The fourth-order valence-electron chi connectivity index (χ4n) is 3.87. The number of rotatable bonds is 4. The van der Waals surface area contributed by atoms with E-state index in [1.807, 2.05) is 36.6 Å². The van der Waals surface area contributed by atoms with E-state index in [0.29, 0.717) is 5.56 Å². The number of carbonyl (C=O) groups excluding carboxylic acids is 3. The van der Waals surface area contributed by atoms with E-state index in [1.54, 1.807) is 0 Å². The van der Waals surface area contributed by atoms with E-state index in [-0.39, 0.29) is 11.3 Å². The zero-order valence-corrected chi connectivity index (χ0v) is 18.0. The van der Waals surface area contributed by atoms with Gasteiger partial charge in [-0.05, 0) is 73.9 Å². The van der Waals surface area contributed by atoms with Crippen molar-refractivity contribution in [3.8, 4) is 5.69 Å². The van der Waals surface area contributed by atoms with Gasteiger partial charge >= 0.3 is 6.03 Å². The third-order valence-electron chi connectivity index (χ3n) is 5.54. The molecule has 162 valence electrons. The molecule has 1 saturated heterocycles. The fourth-order valence-corrected chi connectivity index (χ4v) is 3.87. The normalized spacial score (nSPS) is 15.4. The van der Waals surface area contributed by atoms with Crippen molar-refractivity contribution >= 4 is 29.6 Å². The highest BCUT2D eigenvalue weighted by molar-refractivity contribution is 6.39. The van der Waals surface area contributed by atoms with Crippen molar-refractivity contribution < 1.29 is 18.8 Å². The summed E-state index contributed by atoms with van der Waals surface area (Å²) in [7, 11) is 0. The monoisotopic (exact) mass is 431 g/mol. The number of aromatic nitrogens is 1. The van der Waals surface area contributed by atoms with Crippen LogP contribution >= 0.6 is 0 Å². The lowest BCUT2D eigenvalue weighted by Gasteiger charge is -2.26. The second-order valence-corrected chi connectivity index (χ2v) is 7.62. The number of benzene rings is 2. The largest absolute Gasteiger partial charge is 0.335 e. The molecule has 1 fully saturated rings. The molecule has 0 unspecified atom stereocenters. The molecule has 0 radical (unpaired) electrons. The van der Waals surface area contributed by atoms with Crippen LogP contribution in [0.2, 0.25) is 0 Å². The van der Waals surface area contributed by atoms with E-state index in [2.05, 4.69) is 24.4 Å². The van der Waals surface area contributed by atoms with Gasteiger partial charge in [0.1, 0.15) is 11.4 Å². The number of carbonyl (C=O) groups is 3. The Labute approximate surface area is 185 Å². The molecule has 2 heterocycles. The molecule has 0 saturated carbocycles. The molecule has 7 heteroatoms. The van der Waals surface area contributed by atoms with Crippen molar-refractivity contribution in [1.82, 2.24) is 9.88 Å². The summed E-state index contributed by atoms with van der Waals surface area (Å²) >= 11 is 0. The first-order chi connectivity index (χ1) is 15.3. The molecule has 32 heavy (non-hydrogen) atoms.